The number of carbonyl (C=O) groups is 1. The van der Waals surface area contributed by atoms with Crippen molar-refractivity contribution < 1.29 is 14.3 Å². The van der Waals surface area contributed by atoms with Crippen molar-refractivity contribution in [1.82, 2.24) is 0 Å². The summed E-state index contributed by atoms with van der Waals surface area (Å²) in [4.78, 5) is 11.2. The van der Waals surface area contributed by atoms with E-state index in [2.05, 4.69) is 5.32 Å². The predicted octanol–water partition coefficient (Wildman–Crippen LogP) is 1.80. The minimum atomic E-state index is -0.151. The van der Waals surface area contributed by atoms with Crippen LogP contribution in [-0.4, -0.2) is 18.6 Å². The number of benzene rings is 1. The molecule has 1 aromatic rings. The van der Waals surface area contributed by atoms with Gasteiger partial charge in [-0.1, -0.05) is 6.07 Å². The fourth-order valence-corrected chi connectivity index (χ4v) is 1.43. The zero-order valence-corrected chi connectivity index (χ0v) is 8.74. The fraction of sp³-hybridized carbons (Fsp3) is 0.364. The minimum Gasteiger partial charge on any atom is -0.489 e. The standard InChI is InChI=1S/C11H13NO3/c1-7(2)15-9-5-3-4-8-11(9)12-10(13)6-14-8/h3-5,7H,6H2,1-2H3,(H,12,13). The van der Waals surface area contributed by atoms with E-state index in [1.165, 1.54) is 0 Å². The Morgan fingerprint density at radius 3 is 3.00 bits per heavy atom. The van der Waals surface area contributed by atoms with Crippen LogP contribution in [0.4, 0.5) is 5.69 Å². The number of rotatable bonds is 2. The lowest BCUT2D eigenvalue weighted by Gasteiger charge is -2.21. The third-order valence-electron chi connectivity index (χ3n) is 1.97. The molecular formula is C11H13NO3. The number of nitrogens with one attached hydrogen (secondary N) is 1. The van der Waals surface area contributed by atoms with Crippen LogP contribution in [0.25, 0.3) is 0 Å². The van der Waals surface area contributed by atoms with Crippen LogP contribution in [-0.2, 0) is 4.79 Å². The second-order valence-corrected chi connectivity index (χ2v) is 3.63. The molecule has 0 aliphatic carbocycles. The summed E-state index contributed by atoms with van der Waals surface area (Å²) in [5, 5.41) is 2.74. The number of para-hydroxylation sites is 1. The third-order valence-corrected chi connectivity index (χ3v) is 1.97. The fourth-order valence-electron chi connectivity index (χ4n) is 1.43. The molecule has 1 heterocycles. The van der Waals surface area contributed by atoms with Crippen LogP contribution in [0.15, 0.2) is 18.2 Å². The largest absolute Gasteiger partial charge is 0.489 e. The van der Waals surface area contributed by atoms with E-state index in [1.54, 1.807) is 0 Å². The van der Waals surface area contributed by atoms with Crippen molar-refractivity contribution in [3.05, 3.63) is 18.2 Å². The molecule has 2 rings (SSSR count). The quantitative estimate of drug-likeness (QED) is 0.804. The van der Waals surface area contributed by atoms with Crippen LogP contribution in [0.1, 0.15) is 13.8 Å². The van der Waals surface area contributed by atoms with Gasteiger partial charge in [-0.3, -0.25) is 4.79 Å². The van der Waals surface area contributed by atoms with E-state index in [9.17, 15) is 4.79 Å². The molecule has 0 bridgehead atoms. The Labute approximate surface area is 88.2 Å². The Kier molecular flexibility index (Phi) is 2.49. The highest BCUT2D eigenvalue weighted by molar-refractivity contribution is 5.97. The first-order valence-corrected chi connectivity index (χ1v) is 4.89. The molecule has 0 atom stereocenters. The van der Waals surface area contributed by atoms with E-state index in [-0.39, 0.29) is 18.6 Å². The van der Waals surface area contributed by atoms with Gasteiger partial charge in [0.15, 0.2) is 6.61 Å². The molecule has 1 amide bonds. The molecule has 80 valence electrons. The summed E-state index contributed by atoms with van der Waals surface area (Å²) in [5.74, 6) is 1.16. The van der Waals surface area contributed by atoms with E-state index >= 15 is 0 Å². The lowest BCUT2D eigenvalue weighted by Crippen LogP contribution is -2.26. The van der Waals surface area contributed by atoms with Crippen LogP contribution in [0.5, 0.6) is 11.5 Å². The highest BCUT2D eigenvalue weighted by atomic mass is 16.5. The van der Waals surface area contributed by atoms with Gasteiger partial charge in [-0.15, -0.1) is 0 Å². The van der Waals surface area contributed by atoms with Gasteiger partial charge in [0.25, 0.3) is 5.91 Å². The van der Waals surface area contributed by atoms with Gasteiger partial charge in [-0.05, 0) is 26.0 Å². The zero-order valence-electron chi connectivity index (χ0n) is 8.74. The zero-order chi connectivity index (χ0) is 10.8. The summed E-state index contributed by atoms with van der Waals surface area (Å²) >= 11 is 0. The molecule has 4 nitrogen and oxygen atoms in total. The van der Waals surface area contributed by atoms with E-state index in [1.807, 2.05) is 32.0 Å². The maximum atomic E-state index is 11.2. The lowest BCUT2D eigenvalue weighted by atomic mass is 10.2. The first-order chi connectivity index (χ1) is 7.16. The Hall–Kier alpha value is -1.71. The summed E-state index contributed by atoms with van der Waals surface area (Å²) in [7, 11) is 0. The maximum absolute atomic E-state index is 11.2. The first-order valence-electron chi connectivity index (χ1n) is 4.89. The topological polar surface area (TPSA) is 47.6 Å². The van der Waals surface area contributed by atoms with Crippen molar-refractivity contribution in [2.24, 2.45) is 0 Å². The summed E-state index contributed by atoms with van der Waals surface area (Å²) in [5.41, 5.74) is 0.627. The van der Waals surface area contributed by atoms with Crippen LogP contribution in [0.3, 0.4) is 0 Å². The SMILES string of the molecule is CC(C)Oc1cccc2c1NC(=O)CO2. The molecule has 0 aromatic heterocycles. The van der Waals surface area contributed by atoms with Crippen molar-refractivity contribution in [2.45, 2.75) is 20.0 Å². The van der Waals surface area contributed by atoms with Crippen molar-refractivity contribution >= 4 is 11.6 Å². The van der Waals surface area contributed by atoms with Gasteiger partial charge in [0.05, 0.1) is 6.10 Å². The molecule has 0 saturated heterocycles. The maximum Gasteiger partial charge on any atom is 0.262 e. The van der Waals surface area contributed by atoms with E-state index < -0.39 is 0 Å². The number of hydrogen-bond acceptors (Lipinski definition) is 3. The van der Waals surface area contributed by atoms with Crippen molar-refractivity contribution in [1.29, 1.82) is 0 Å². The number of carbonyl (C=O) groups excluding carboxylic acids is 1. The second kappa shape index (κ2) is 3.81. The number of amides is 1. The monoisotopic (exact) mass is 207 g/mol. The average molecular weight is 207 g/mol. The summed E-state index contributed by atoms with van der Waals surface area (Å²) in [6.07, 6.45) is 0.0651. The van der Waals surface area contributed by atoms with Crippen molar-refractivity contribution in [3.63, 3.8) is 0 Å². The summed E-state index contributed by atoms with van der Waals surface area (Å²) in [6.45, 7) is 3.94. The van der Waals surface area contributed by atoms with Crippen molar-refractivity contribution in [3.8, 4) is 11.5 Å². The van der Waals surface area contributed by atoms with Crippen molar-refractivity contribution in [2.75, 3.05) is 11.9 Å². The Morgan fingerprint density at radius 2 is 2.27 bits per heavy atom. The molecule has 1 aliphatic heterocycles. The number of ether oxygens (including phenoxy) is 2. The molecule has 0 saturated carbocycles. The van der Waals surface area contributed by atoms with Crippen LogP contribution in [0.2, 0.25) is 0 Å². The molecule has 1 aromatic carbocycles. The summed E-state index contributed by atoms with van der Waals surface area (Å²) < 4.78 is 10.8. The van der Waals surface area contributed by atoms with E-state index in [0.29, 0.717) is 17.2 Å². The van der Waals surface area contributed by atoms with Gasteiger partial charge in [0.1, 0.15) is 17.2 Å². The van der Waals surface area contributed by atoms with Gasteiger partial charge in [0.2, 0.25) is 0 Å². The van der Waals surface area contributed by atoms with E-state index in [0.717, 1.165) is 0 Å². The van der Waals surface area contributed by atoms with Gasteiger partial charge in [-0.2, -0.15) is 0 Å². The van der Waals surface area contributed by atoms with Crippen LogP contribution >= 0.6 is 0 Å². The highest BCUT2D eigenvalue weighted by Gasteiger charge is 2.19. The molecule has 0 unspecified atom stereocenters. The van der Waals surface area contributed by atoms with Gasteiger partial charge in [0, 0.05) is 0 Å². The number of hydrogen-bond donors (Lipinski definition) is 1. The Morgan fingerprint density at radius 1 is 1.47 bits per heavy atom. The third kappa shape index (κ3) is 2.03. The molecule has 4 heteroatoms. The molecule has 0 radical (unpaired) electrons. The Balaban J connectivity index is 2.35. The highest BCUT2D eigenvalue weighted by Crippen LogP contribution is 2.36. The first kappa shape index (κ1) is 9.83. The normalized spacial score (nSPS) is 14.2. The summed E-state index contributed by atoms with van der Waals surface area (Å²) in [6, 6.07) is 5.46. The van der Waals surface area contributed by atoms with Crippen LogP contribution < -0.4 is 14.8 Å². The minimum absolute atomic E-state index is 0.0651. The second-order valence-electron chi connectivity index (χ2n) is 3.63. The molecule has 15 heavy (non-hydrogen) atoms. The lowest BCUT2D eigenvalue weighted by molar-refractivity contribution is -0.118. The molecular weight excluding hydrogens is 194 g/mol. The molecule has 1 N–H and O–H groups in total. The smallest absolute Gasteiger partial charge is 0.262 e. The molecule has 0 fully saturated rings. The average Bonchev–Trinajstić information content (AvgIpc) is 2.18. The number of anilines is 1. The number of fused-ring (bicyclic) bond motifs is 1. The van der Waals surface area contributed by atoms with E-state index in [4.69, 9.17) is 9.47 Å². The van der Waals surface area contributed by atoms with Gasteiger partial charge >= 0.3 is 0 Å². The Bertz CT molecular complexity index is 387. The van der Waals surface area contributed by atoms with Crippen LogP contribution in [0, 0.1) is 0 Å². The predicted molar refractivity (Wildman–Crippen MR) is 56.3 cm³/mol. The van der Waals surface area contributed by atoms with Gasteiger partial charge < -0.3 is 14.8 Å². The van der Waals surface area contributed by atoms with Gasteiger partial charge in [-0.25, -0.2) is 0 Å². The molecule has 0 spiro atoms. The molecule has 1 aliphatic rings.